The summed E-state index contributed by atoms with van der Waals surface area (Å²) in [5.41, 5.74) is 6.46. The molecule has 3 rings (SSSR count). The number of hydrogen-bond acceptors (Lipinski definition) is 7. The summed E-state index contributed by atoms with van der Waals surface area (Å²) >= 11 is 1.65. The summed E-state index contributed by atoms with van der Waals surface area (Å²) in [5.74, 6) is -0.267. The van der Waals surface area contributed by atoms with Gasteiger partial charge in [-0.3, -0.25) is 25.3 Å². The maximum Gasteiger partial charge on any atom is 0.276 e. The molecule has 0 atom stereocenters. The average Bonchev–Trinajstić information content (AvgIpc) is 3.16. The number of ether oxygens (including phenoxy) is 1. The van der Waals surface area contributed by atoms with E-state index in [0.717, 1.165) is 43.2 Å². The molecule has 2 heterocycles. The van der Waals surface area contributed by atoms with Gasteiger partial charge in [0.2, 0.25) is 5.91 Å². The highest BCUT2D eigenvalue weighted by Crippen LogP contribution is 2.19. The molecule has 0 radical (unpaired) electrons. The third-order valence-corrected chi connectivity index (χ3v) is 5.51. The van der Waals surface area contributed by atoms with Crippen LogP contribution in [0.25, 0.3) is 0 Å². The van der Waals surface area contributed by atoms with Crippen molar-refractivity contribution in [2.24, 2.45) is 5.92 Å². The minimum absolute atomic E-state index is 0.122. The summed E-state index contributed by atoms with van der Waals surface area (Å²) < 4.78 is 5.33. The van der Waals surface area contributed by atoms with Crippen molar-refractivity contribution in [1.82, 2.24) is 20.7 Å². The van der Waals surface area contributed by atoms with Gasteiger partial charge in [0.15, 0.2) is 6.61 Å². The van der Waals surface area contributed by atoms with Crippen LogP contribution in [0.4, 0.5) is 0 Å². The highest BCUT2D eigenvalue weighted by Gasteiger charge is 2.25. The molecule has 2 N–H and O–H groups in total. The van der Waals surface area contributed by atoms with Crippen LogP contribution in [0.3, 0.4) is 0 Å². The molecule has 0 spiro atoms. The highest BCUT2D eigenvalue weighted by molar-refractivity contribution is 7.09. The van der Waals surface area contributed by atoms with Gasteiger partial charge < -0.3 is 4.74 Å². The molecule has 0 saturated carbocycles. The van der Waals surface area contributed by atoms with Crippen molar-refractivity contribution in [3.63, 3.8) is 0 Å². The number of rotatable bonds is 6. The molecule has 1 saturated heterocycles. The van der Waals surface area contributed by atoms with E-state index in [1.807, 2.05) is 13.0 Å². The topological polar surface area (TPSA) is 107 Å². The average molecular weight is 414 g/mol. The number of aryl methyl sites for hydroxylation is 1. The smallest absolute Gasteiger partial charge is 0.276 e. The number of nitrogens with zero attached hydrogens (tertiary/aromatic N) is 3. The summed E-state index contributed by atoms with van der Waals surface area (Å²) in [6, 6.07) is 8.46. The molecule has 152 valence electrons. The van der Waals surface area contributed by atoms with Crippen LogP contribution in [0.15, 0.2) is 29.6 Å². The fraction of sp³-hybridized carbons (Fsp3) is 0.400. The number of hydrazine groups is 1. The fourth-order valence-electron chi connectivity index (χ4n) is 3.11. The SMILES string of the molecule is Cc1nc(CN2CCC(C(=O)NNC(=O)COc3ccc(C#N)cc3)CC2)cs1. The van der Waals surface area contributed by atoms with Gasteiger partial charge in [-0.1, -0.05) is 0 Å². The number of hydrogen-bond donors (Lipinski definition) is 2. The van der Waals surface area contributed by atoms with Crippen molar-refractivity contribution >= 4 is 23.2 Å². The molecule has 8 nitrogen and oxygen atoms in total. The molecule has 1 fully saturated rings. The van der Waals surface area contributed by atoms with Gasteiger partial charge in [-0.2, -0.15) is 5.26 Å². The van der Waals surface area contributed by atoms with Gasteiger partial charge in [0.25, 0.3) is 5.91 Å². The Morgan fingerprint density at radius 1 is 1.28 bits per heavy atom. The van der Waals surface area contributed by atoms with E-state index in [1.165, 1.54) is 0 Å². The van der Waals surface area contributed by atoms with E-state index in [1.54, 1.807) is 35.6 Å². The predicted molar refractivity (Wildman–Crippen MR) is 108 cm³/mol. The molecular formula is C20H23N5O3S. The van der Waals surface area contributed by atoms with E-state index in [0.29, 0.717) is 11.3 Å². The molecule has 2 aromatic rings. The van der Waals surface area contributed by atoms with Crippen LogP contribution in [0.1, 0.15) is 29.1 Å². The first-order valence-corrected chi connectivity index (χ1v) is 10.3. The molecule has 0 aliphatic carbocycles. The summed E-state index contributed by atoms with van der Waals surface area (Å²) in [4.78, 5) is 30.9. The maximum absolute atomic E-state index is 12.3. The minimum atomic E-state index is -0.445. The Morgan fingerprint density at radius 3 is 2.62 bits per heavy atom. The zero-order valence-corrected chi connectivity index (χ0v) is 17.0. The van der Waals surface area contributed by atoms with Gasteiger partial charge in [0.05, 0.1) is 22.3 Å². The largest absolute Gasteiger partial charge is 0.484 e. The summed E-state index contributed by atoms with van der Waals surface area (Å²) in [5, 5.41) is 11.9. The quantitative estimate of drug-likeness (QED) is 0.699. The standard InChI is InChI=1S/C20H23N5O3S/c1-14-22-17(13-29-14)11-25-8-6-16(7-9-25)20(27)24-23-19(26)12-28-18-4-2-15(10-21)3-5-18/h2-5,13,16H,6-9,11-12H2,1H3,(H,23,26)(H,24,27). The lowest BCUT2D eigenvalue weighted by atomic mass is 9.96. The van der Waals surface area contributed by atoms with Crippen molar-refractivity contribution < 1.29 is 14.3 Å². The molecule has 0 unspecified atom stereocenters. The number of amides is 2. The zero-order chi connectivity index (χ0) is 20.6. The Morgan fingerprint density at radius 2 is 2.00 bits per heavy atom. The summed E-state index contributed by atoms with van der Waals surface area (Å²) in [6.07, 6.45) is 1.49. The monoisotopic (exact) mass is 413 g/mol. The minimum Gasteiger partial charge on any atom is -0.484 e. The molecule has 1 aromatic carbocycles. The van der Waals surface area contributed by atoms with Gasteiger partial charge in [-0.25, -0.2) is 4.98 Å². The van der Waals surface area contributed by atoms with Crippen molar-refractivity contribution in [2.45, 2.75) is 26.3 Å². The van der Waals surface area contributed by atoms with Gasteiger partial charge >= 0.3 is 0 Å². The van der Waals surface area contributed by atoms with Crippen LogP contribution in [-0.2, 0) is 16.1 Å². The van der Waals surface area contributed by atoms with Crippen molar-refractivity contribution in [1.29, 1.82) is 5.26 Å². The Bertz CT molecular complexity index is 882. The molecule has 2 amide bonds. The number of piperidine rings is 1. The second-order valence-electron chi connectivity index (χ2n) is 6.87. The first-order chi connectivity index (χ1) is 14.0. The van der Waals surface area contributed by atoms with Gasteiger partial charge in [-0.15, -0.1) is 11.3 Å². The van der Waals surface area contributed by atoms with Crippen molar-refractivity contribution in [2.75, 3.05) is 19.7 Å². The van der Waals surface area contributed by atoms with Crippen molar-refractivity contribution in [3.05, 3.63) is 45.9 Å². The Balaban J connectivity index is 1.34. The van der Waals surface area contributed by atoms with Gasteiger partial charge in [-0.05, 0) is 57.1 Å². The van der Waals surface area contributed by atoms with E-state index in [2.05, 4.69) is 26.1 Å². The Hall–Kier alpha value is -2.96. The lowest BCUT2D eigenvalue weighted by molar-refractivity contribution is -0.133. The highest BCUT2D eigenvalue weighted by atomic mass is 32.1. The van der Waals surface area contributed by atoms with Crippen LogP contribution in [0.5, 0.6) is 5.75 Å². The number of nitriles is 1. The first kappa shape index (κ1) is 20.8. The normalized spacial score (nSPS) is 14.8. The van der Waals surface area contributed by atoms with E-state index < -0.39 is 5.91 Å². The molecule has 1 aromatic heterocycles. The fourth-order valence-corrected chi connectivity index (χ4v) is 3.71. The van der Waals surface area contributed by atoms with E-state index in [9.17, 15) is 9.59 Å². The predicted octanol–water partition coefficient (Wildman–Crippen LogP) is 1.76. The lowest BCUT2D eigenvalue weighted by Crippen LogP contribution is -2.48. The van der Waals surface area contributed by atoms with Crippen molar-refractivity contribution in [3.8, 4) is 11.8 Å². The van der Waals surface area contributed by atoms with Crippen LogP contribution in [0, 0.1) is 24.2 Å². The maximum atomic E-state index is 12.3. The molecule has 29 heavy (non-hydrogen) atoms. The molecular weight excluding hydrogens is 390 g/mol. The van der Waals surface area contributed by atoms with E-state index >= 15 is 0 Å². The molecule has 0 bridgehead atoms. The second kappa shape index (κ2) is 10.0. The van der Waals surface area contributed by atoms with Crippen LogP contribution >= 0.6 is 11.3 Å². The van der Waals surface area contributed by atoms with E-state index in [-0.39, 0.29) is 18.4 Å². The summed E-state index contributed by atoms with van der Waals surface area (Å²) in [6.45, 7) is 4.23. The Labute approximate surface area is 173 Å². The molecule has 1 aliphatic heterocycles. The number of benzene rings is 1. The van der Waals surface area contributed by atoms with Crippen LogP contribution < -0.4 is 15.6 Å². The van der Waals surface area contributed by atoms with E-state index in [4.69, 9.17) is 10.00 Å². The number of likely N-dealkylation sites (tertiary alicyclic amines) is 1. The number of aromatic nitrogens is 1. The molecule has 1 aliphatic rings. The van der Waals surface area contributed by atoms with Crippen LogP contribution in [0.2, 0.25) is 0 Å². The number of nitrogens with one attached hydrogen (secondary N) is 2. The first-order valence-electron chi connectivity index (χ1n) is 9.38. The lowest BCUT2D eigenvalue weighted by Gasteiger charge is -2.30. The van der Waals surface area contributed by atoms with Gasteiger partial charge in [0, 0.05) is 17.8 Å². The number of carbonyl (C=O) groups excluding carboxylic acids is 2. The van der Waals surface area contributed by atoms with Crippen LogP contribution in [-0.4, -0.2) is 41.4 Å². The third kappa shape index (κ3) is 6.27. The Kier molecular flexibility index (Phi) is 7.16. The second-order valence-corrected chi connectivity index (χ2v) is 7.93. The number of carbonyl (C=O) groups is 2. The third-order valence-electron chi connectivity index (χ3n) is 4.69. The number of thiazole rings is 1. The molecule has 9 heteroatoms. The van der Waals surface area contributed by atoms with Gasteiger partial charge in [0.1, 0.15) is 5.75 Å². The zero-order valence-electron chi connectivity index (χ0n) is 16.2. The summed E-state index contributed by atoms with van der Waals surface area (Å²) in [7, 11) is 0.